The second-order valence-electron chi connectivity index (χ2n) is 21.6. The van der Waals surface area contributed by atoms with Crippen LogP contribution >= 0.6 is 0 Å². The Morgan fingerprint density at radius 1 is 0.622 bits per heavy atom. The highest BCUT2D eigenvalue weighted by molar-refractivity contribution is 6.00. The van der Waals surface area contributed by atoms with Gasteiger partial charge in [0.25, 0.3) is 0 Å². The third-order valence-corrected chi connectivity index (χ3v) is 15.7. The first-order valence-electron chi connectivity index (χ1n) is 29.0. The number of rotatable bonds is 22. The van der Waals surface area contributed by atoms with Crippen LogP contribution in [0.25, 0.3) is 0 Å². The summed E-state index contributed by atoms with van der Waals surface area (Å²) in [5, 5.41) is 10.3. The number of Topliss-reactive ketones (excluding diaryl/α,β-unsaturated/α-hetero) is 2. The lowest BCUT2D eigenvalue weighted by atomic mass is 9.85. The molecule has 0 spiro atoms. The molecule has 4 aliphatic rings. The van der Waals surface area contributed by atoms with E-state index in [0.717, 1.165) is 31.4 Å². The van der Waals surface area contributed by atoms with Crippen molar-refractivity contribution in [3.8, 4) is 34.5 Å². The topological polar surface area (TPSA) is 233 Å². The molecule has 4 aromatic rings. The smallest absolute Gasteiger partial charge is 0.334 e. The minimum absolute atomic E-state index is 0.00260. The van der Waals surface area contributed by atoms with E-state index in [1.165, 1.54) is 90.1 Å². The number of cyclic esters (lactones) is 2. The van der Waals surface area contributed by atoms with Crippen LogP contribution in [0.4, 0.5) is 0 Å². The molecule has 82 heavy (non-hydrogen) atoms. The second kappa shape index (κ2) is 32.7. The number of carbonyl (C=O) groups is 5. The number of hydrogen-bond acceptors (Lipinski definition) is 19. The van der Waals surface area contributed by atoms with Gasteiger partial charge in [0.2, 0.25) is 6.79 Å². The first kappa shape index (κ1) is 62.8. The normalized spacial score (nSPS) is 23.9. The van der Waals surface area contributed by atoms with Gasteiger partial charge in [-0.3, -0.25) is 19.2 Å². The molecule has 2 aromatic heterocycles. The van der Waals surface area contributed by atoms with Crippen molar-refractivity contribution in [1.29, 1.82) is 0 Å². The number of para-hydroxylation sites is 2. The molecule has 19 nitrogen and oxygen atoms in total. The second-order valence-corrected chi connectivity index (χ2v) is 21.6. The summed E-state index contributed by atoms with van der Waals surface area (Å²) in [5.74, 6) is -1.32. The van der Waals surface area contributed by atoms with Crippen molar-refractivity contribution in [2.24, 2.45) is 35.5 Å². The molecule has 0 amide bonds. The van der Waals surface area contributed by atoms with Crippen molar-refractivity contribution < 1.29 is 81.2 Å². The van der Waals surface area contributed by atoms with E-state index in [4.69, 9.17) is 52.1 Å². The summed E-state index contributed by atoms with van der Waals surface area (Å²) in [7, 11) is 2.81. The van der Waals surface area contributed by atoms with Crippen LogP contribution in [0, 0.1) is 35.5 Å². The van der Waals surface area contributed by atoms with Gasteiger partial charge in [0.15, 0.2) is 46.0 Å². The molecule has 0 unspecified atom stereocenters. The maximum absolute atomic E-state index is 13.6. The van der Waals surface area contributed by atoms with E-state index in [9.17, 15) is 29.1 Å². The van der Waals surface area contributed by atoms with Crippen LogP contribution in [-0.4, -0.2) is 130 Å². The third-order valence-electron chi connectivity index (χ3n) is 15.7. The van der Waals surface area contributed by atoms with Crippen LogP contribution in [0.5, 0.6) is 34.5 Å². The summed E-state index contributed by atoms with van der Waals surface area (Å²) in [6.45, 7) is 6.10. The molecule has 2 aromatic carbocycles. The van der Waals surface area contributed by atoms with Crippen LogP contribution in [0.2, 0.25) is 0 Å². The van der Waals surface area contributed by atoms with Gasteiger partial charge in [-0.2, -0.15) is 0 Å². The van der Waals surface area contributed by atoms with E-state index in [0.29, 0.717) is 37.4 Å². The Balaban J connectivity index is 0.000000240. The van der Waals surface area contributed by atoms with Gasteiger partial charge >= 0.3 is 17.9 Å². The van der Waals surface area contributed by atoms with Crippen molar-refractivity contribution >= 4 is 29.5 Å². The number of ketones is 2. The standard InChI is InChI=1S/C34H45NO10.C29H37NO7/c1-4-40-21-30(37)42-22-43-33-29(39-3)14-16-35-31(33)28(36)19-26-20-41-17-15-25(18-24-10-8-9-11-24)32(23(2)44-34(26)38)45-27-12-6-5-7-13-27;1-19-28(37-23-10-4-3-5-11-23)21(16-20-8-6-7-9-20)13-15-35-18-22(29(33)36-19)17-24(31)26-27(32)25(34-2)12-14-30-26/h5-7,12-14,16,23-26,32H,4,8-11,15,17-22H2,1-3H3;3-5,10-12,14,19-22,28,32H,6-9,13,15-18H2,1-2H3/t23-,25+,26-,32-;19-,21+,22-,28-/m00/s1. The maximum Gasteiger partial charge on any atom is 0.334 e. The highest BCUT2D eigenvalue weighted by Gasteiger charge is 2.39. The molecule has 8 atom stereocenters. The Labute approximate surface area is 481 Å². The first-order chi connectivity index (χ1) is 39.8. The molecular weight excluding hydrogens is 1060 g/mol. The van der Waals surface area contributed by atoms with Crippen molar-refractivity contribution in [2.75, 3.05) is 60.7 Å². The number of aromatic hydroxyl groups is 1. The van der Waals surface area contributed by atoms with Crippen molar-refractivity contribution in [3.05, 3.63) is 96.6 Å². The summed E-state index contributed by atoms with van der Waals surface area (Å²) in [4.78, 5) is 73.3. The van der Waals surface area contributed by atoms with Gasteiger partial charge in [-0.25, -0.2) is 14.8 Å². The average molecular weight is 1140 g/mol. The van der Waals surface area contributed by atoms with Crippen LogP contribution in [-0.2, 0) is 42.8 Å². The van der Waals surface area contributed by atoms with Gasteiger partial charge in [0, 0.05) is 69.0 Å². The number of methoxy groups -OCH3 is 2. The lowest BCUT2D eigenvalue weighted by molar-refractivity contribution is -0.164. The molecule has 4 heterocycles. The Hall–Kier alpha value is -6.83. The van der Waals surface area contributed by atoms with E-state index in [1.54, 1.807) is 6.92 Å². The molecule has 2 saturated heterocycles. The van der Waals surface area contributed by atoms with Crippen LogP contribution in [0.1, 0.15) is 132 Å². The Morgan fingerprint density at radius 2 is 1.09 bits per heavy atom. The SMILES string of the molecule is CCOCC(=O)OCOc1c(OC)ccnc1C(=O)C[C@H]1COCC[C@H](CC2CCCC2)[C@@H](Oc2ccccc2)[C@H](C)OC1=O.COc1ccnc(C(=O)C[C@H]2COCC[C@H](CC3CCCC3)[C@@H](Oc3ccccc3)[C@H](C)OC2=O)c1O. The number of hydrogen-bond donors (Lipinski definition) is 1. The summed E-state index contributed by atoms with van der Waals surface area (Å²) < 4.78 is 62.9. The zero-order valence-corrected chi connectivity index (χ0v) is 48.1. The Bertz CT molecular complexity index is 2630. The number of benzene rings is 2. The van der Waals surface area contributed by atoms with Crippen LogP contribution < -0.4 is 23.7 Å². The fraction of sp³-hybridized carbons (Fsp3) is 0.571. The molecule has 4 fully saturated rings. The lowest BCUT2D eigenvalue weighted by Gasteiger charge is -2.35. The maximum atomic E-state index is 13.6. The first-order valence-corrected chi connectivity index (χ1v) is 29.0. The number of aromatic nitrogens is 2. The molecule has 1 N–H and O–H groups in total. The molecule has 2 saturated carbocycles. The van der Waals surface area contributed by atoms with Crippen molar-refractivity contribution in [2.45, 2.75) is 135 Å². The number of nitrogens with zero attached hydrogens (tertiary/aromatic N) is 2. The molecule has 8 rings (SSSR count). The minimum atomic E-state index is -0.881. The van der Waals surface area contributed by atoms with E-state index >= 15 is 0 Å². The fourth-order valence-electron chi connectivity index (χ4n) is 11.4. The largest absolute Gasteiger partial charge is 0.503 e. The number of esters is 3. The number of pyridine rings is 2. The van der Waals surface area contributed by atoms with Gasteiger partial charge < -0.3 is 57.2 Å². The molecule has 0 bridgehead atoms. The predicted molar refractivity (Wildman–Crippen MR) is 300 cm³/mol. The molecule has 446 valence electrons. The highest BCUT2D eigenvalue weighted by Crippen LogP contribution is 2.38. The van der Waals surface area contributed by atoms with E-state index < -0.39 is 60.3 Å². The minimum Gasteiger partial charge on any atom is -0.503 e. The van der Waals surface area contributed by atoms with E-state index in [-0.39, 0.29) is 91.1 Å². The van der Waals surface area contributed by atoms with E-state index in [2.05, 4.69) is 9.97 Å². The molecular formula is C63H82N2O17. The summed E-state index contributed by atoms with van der Waals surface area (Å²) in [6, 6.07) is 22.1. The van der Waals surface area contributed by atoms with Gasteiger partial charge in [-0.15, -0.1) is 0 Å². The van der Waals surface area contributed by atoms with Crippen LogP contribution in [0.15, 0.2) is 85.2 Å². The van der Waals surface area contributed by atoms with Gasteiger partial charge in [-0.1, -0.05) is 87.8 Å². The fourth-order valence-corrected chi connectivity index (χ4v) is 11.4. The zero-order chi connectivity index (χ0) is 58.2. The Morgan fingerprint density at radius 3 is 1.56 bits per heavy atom. The Kier molecular flexibility index (Phi) is 25.0. The quantitative estimate of drug-likeness (QED) is 0.0333. The molecule has 19 heteroatoms. The van der Waals surface area contributed by atoms with Gasteiger partial charge in [-0.05, 0) is 82.6 Å². The molecule has 2 aliphatic carbocycles. The molecule has 2 aliphatic heterocycles. The van der Waals surface area contributed by atoms with Gasteiger partial charge in [0.05, 0.1) is 39.3 Å². The number of ether oxygens (including phenoxy) is 11. The summed E-state index contributed by atoms with van der Waals surface area (Å²) in [5.41, 5.74) is -0.200. The third kappa shape index (κ3) is 18.6. The van der Waals surface area contributed by atoms with Crippen LogP contribution in [0.3, 0.4) is 0 Å². The van der Waals surface area contributed by atoms with E-state index in [1.807, 2.05) is 74.5 Å². The van der Waals surface area contributed by atoms with Crippen molar-refractivity contribution in [1.82, 2.24) is 9.97 Å². The number of carbonyl (C=O) groups excluding carboxylic acids is 5. The van der Waals surface area contributed by atoms with Gasteiger partial charge in [0.1, 0.15) is 42.5 Å². The average Bonchev–Trinajstić information content (AvgIpc) is 4.35. The predicted octanol–water partition coefficient (Wildman–Crippen LogP) is 10.2. The highest BCUT2D eigenvalue weighted by atomic mass is 16.7. The summed E-state index contributed by atoms with van der Waals surface area (Å²) >= 11 is 0. The molecule has 0 radical (unpaired) electrons. The monoisotopic (exact) mass is 1140 g/mol. The zero-order valence-electron chi connectivity index (χ0n) is 48.1. The van der Waals surface area contributed by atoms with Crippen molar-refractivity contribution in [3.63, 3.8) is 0 Å². The summed E-state index contributed by atoms with van der Waals surface area (Å²) in [6.07, 6.45) is 13.9. The lowest BCUT2D eigenvalue weighted by Crippen LogP contribution is -2.43.